The zero-order valence-electron chi connectivity index (χ0n) is 17.0. The van der Waals surface area contributed by atoms with Crippen molar-refractivity contribution >= 4 is 5.97 Å². The highest BCUT2D eigenvalue weighted by atomic mass is 16.4. The highest BCUT2D eigenvalue weighted by molar-refractivity contribution is 5.72. The Balaban J connectivity index is 2.40. The Morgan fingerprint density at radius 2 is 1.50 bits per heavy atom. The summed E-state index contributed by atoms with van der Waals surface area (Å²) in [6.45, 7) is 4.98. The summed E-state index contributed by atoms with van der Waals surface area (Å²) >= 11 is 0. The average Bonchev–Trinajstić information content (AvgIpc) is 2.70. The van der Waals surface area contributed by atoms with Crippen molar-refractivity contribution in [2.75, 3.05) is 0 Å². The Morgan fingerprint density at radius 1 is 0.900 bits per heavy atom. The third-order valence-corrected chi connectivity index (χ3v) is 5.02. The summed E-state index contributed by atoms with van der Waals surface area (Å²) in [5.74, 6) is -1.87. The van der Waals surface area contributed by atoms with Crippen LogP contribution in [0.1, 0.15) is 31.0 Å². The van der Waals surface area contributed by atoms with Gasteiger partial charge in [-0.25, -0.2) is 32.9 Å². The lowest BCUT2D eigenvalue weighted by molar-refractivity contribution is -0.142. The van der Waals surface area contributed by atoms with E-state index in [0.29, 0.717) is 4.57 Å². The van der Waals surface area contributed by atoms with E-state index in [0.717, 1.165) is 20.3 Å². The number of carboxylic acid groups (broad SMARTS) is 1. The molecule has 0 saturated carbocycles. The first-order valence-electron chi connectivity index (χ1n) is 9.55. The van der Waals surface area contributed by atoms with Crippen LogP contribution >= 0.6 is 0 Å². The fourth-order valence-corrected chi connectivity index (χ4v) is 3.43. The molecule has 0 bridgehead atoms. The topological polar surface area (TPSA) is 103 Å². The van der Waals surface area contributed by atoms with Gasteiger partial charge in [0.1, 0.15) is 6.04 Å². The number of hydrogen-bond donors (Lipinski definition) is 1. The molecule has 8 heteroatoms. The van der Waals surface area contributed by atoms with E-state index in [4.69, 9.17) is 0 Å². The van der Waals surface area contributed by atoms with Crippen LogP contribution in [0.15, 0.2) is 69.0 Å². The standard InChI is InChI=1S/C22H23N3O5/c1-14(2)18(19(26)27)25-21(29)23(13-16-10-8-7-9-15(16)3)20(28)24(22(25)30)17-11-5-4-6-12-17/h4-12,14,18H,13H2,1-3H3,(H,26,27)/t18-/m0/s1. The fourth-order valence-electron chi connectivity index (χ4n) is 3.43. The first kappa shape index (κ1) is 21.0. The summed E-state index contributed by atoms with van der Waals surface area (Å²) in [6, 6.07) is 14.0. The van der Waals surface area contributed by atoms with Crippen molar-refractivity contribution in [2.45, 2.75) is 33.4 Å². The Bertz CT molecular complexity index is 1250. The summed E-state index contributed by atoms with van der Waals surface area (Å²) in [5, 5.41) is 9.71. The van der Waals surface area contributed by atoms with E-state index in [-0.39, 0.29) is 12.2 Å². The summed E-state index contributed by atoms with van der Waals surface area (Å²) in [6.07, 6.45) is 0. The van der Waals surface area contributed by atoms with Crippen LogP contribution in [0.4, 0.5) is 0 Å². The summed E-state index contributed by atoms with van der Waals surface area (Å²) in [4.78, 5) is 51.5. The van der Waals surface area contributed by atoms with Gasteiger partial charge in [-0.05, 0) is 36.1 Å². The molecule has 8 nitrogen and oxygen atoms in total. The SMILES string of the molecule is Cc1ccccc1Cn1c(=O)n(-c2ccccc2)c(=O)n([C@H](C(=O)O)C(C)C)c1=O. The van der Waals surface area contributed by atoms with E-state index in [9.17, 15) is 24.3 Å². The third kappa shape index (κ3) is 3.76. The average molecular weight is 409 g/mol. The van der Waals surface area contributed by atoms with Crippen molar-refractivity contribution in [1.29, 1.82) is 0 Å². The van der Waals surface area contributed by atoms with E-state index >= 15 is 0 Å². The molecule has 3 rings (SSSR count). The molecule has 30 heavy (non-hydrogen) atoms. The Labute approximate surface area is 172 Å². The molecule has 1 heterocycles. The molecular weight excluding hydrogens is 386 g/mol. The first-order chi connectivity index (χ1) is 14.2. The molecule has 1 atom stereocenters. The van der Waals surface area contributed by atoms with Crippen LogP contribution in [0.5, 0.6) is 0 Å². The van der Waals surface area contributed by atoms with Crippen LogP contribution in [0.2, 0.25) is 0 Å². The molecule has 1 aromatic heterocycles. The van der Waals surface area contributed by atoms with Crippen LogP contribution in [-0.2, 0) is 11.3 Å². The number of aromatic nitrogens is 3. The van der Waals surface area contributed by atoms with E-state index < -0.39 is 35.0 Å². The predicted octanol–water partition coefficient (Wildman–Crippen LogP) is 1.80. The number of nitrogens with zero attached hydrogens (tertiary/aromatic N) is 3. The first-order valence-corrected chi connectivity index (χ1v) is 9.55. The lowest BCUT2D eigenvalue weighted by Gasteiger charge is -2.21. The number of rotatable bonds is 6. The molecule has 0 saturated heterocycles. The van der Waals surface area contributed by atoms with Crippen LogP contribution in [0, 0.1) is 12.8 Å². The lowest BCUT2D eigenvalue weighted by Crippen LogP contribution is -2.56. The minimum absolute atomic E-state index is 0.0815. The molecule has 0 aliphatic heterocycles. The Hall–Kier alpha value is -3.68. The van der Waals surface area contributed by atoms with Gasteiger partial charge >= 0.3 is 23.0 Å². The second-order valence-corrected chi connectivity index (χ2v) is 7.43. The largest absolute Gasteiger partial charge is 0.480 e. The summed E-state index contributed by atoms with van der Waals surface area (Å²) in [7, 11) is 0. The zero-order chi connectivity index (χ0) is 22.0. The fraction of sp³-hybridized carbons (Fsp3) is 0.273. The summed E-state index contributed by atoms with van der Waals surface area (Å²) < 4.78 is 2.42. The molecular formula is C22H23N3O5. The predicted molar refractivity (Wildman–Crippen MR) is 112 cm³/mol. The maximum atomic E-state index is 13.2. The quantitative estimate of drug-likeness (QED) is 0.669. The van der Waals surface area contributed by atoms with Gasteiger partial charge in [0.05, 0.1) is 12.2 Å². The van der Waals surface area contributed by atoms with Gasteiger partial charge in [0.25, 0.3) is 0 Å². The minimum Gasteiger partial charge on any atom is -0.480 e. The van der Waals surface area contributed by atoms with E-state index in [1.165, 1.54) is 0 Å². The molecule has 0 aliphatic rings. The van der Waals surface area contributed by atoms with Gasteiger partial charge in [0, 0.05) is 0 Å². The van der Waals surface area contributed by atoms with Crippen molar-refractivity contribution in [3.8, 4) is 5.69 Å². The zero-order valence-corrected chi connectivity index (χ0v) is 17.0. The van der Waals surface area contributed by atoms with E-state index in [2.05, 4.69) is 0 Å². The van der Waals surface area contributed by atoms with Crippen LogP contribution in [-0.4, -0.2) is 24.8 Å². The van der Waals surface area contributed by atoms with Gasteiger partial charge in [-0.2, -0.15) is 0 Å². The van der Waals surface area contributed by atoms with Crippen LogP contribution in [0.3, 0.4) is 0 Å². The Kier molecular flexibility index (Phi) is 5.86. The van der Waals surface area contributed by atoms with Crippen molar-refractivity contribution in [2.24, 2.45) is 5.92 Å². The molecule has 156 valence electrons. The molecule has 0 spiro atoms. The van der Waals surface area contributed by atoms with Gasteiger partial charge in [-0.15, -0.1) is 0 Å². The number of para-hydroxylation sites is 1. The normalized spacial score (nSPS) is 12.1. The van der Waals surface area contributed by atoms with Gasteiger partial charge in [0.15, 0.2) is 0 Å². The van der Waals surface area contributed by atoms with Gasteiger partial charge in [0.2, 0.25) is 0 Å². The van der Waals surface area contributed by atoms with Crippen molar-refractivity contribution < 1.29 is 9.90 Å². The molecule has 0 amide bonds. The molecule has 0 unspecified atom stereocenters. The Morgan fingerprint density at radius 3 is 2.07 bits per heavy atom. The minimum atomic E-state index is -1.41. The van der Waals surface area contributed by atoms with Gasteiger partial charge < -0.3 is 5.11 Å². The maximum absolute atomic E-state index is 13.2. The van der Waals surface area contributed by atoms with Crippen LogP contribution in [0.25, 0.3) is 5.69 Å². The molecule has 2 aromatic carbocycles. The van der Waals surface area contributed by atoms with Crippen molar-refractivity contribution in [3.63, 3.8) is 0 Å². The number of carboxylic acids is 1. The second kappa shape index (κ2) is 8.36. The van der Waals surface area contributed by atoms with Crippen molar-refractivity contribution in [3.05, 3.63) is 97.2 Å². The summed E-state index contributed by atoms with van der Waals surface area (Å²) in [5.41, 5.74) is -0.888. The number of aryl methyl sites for hydroxylation is 1. The molecule has 1 N–H and O–H groups in total. The smallest absolute Gasteiger partial charge is 0.341 e. The third-order valence-electron chi connectivity index (χ3n) is 5.02. The van der Waals surface area contributed by atoms with Gasteiger partial charge in [-0.3, -0.25) is 0 Å². The number of hydrogen-bond acceptors (Lipinski definition) is 4. The van der Waals surface area contributed by atoms with Gasteiger partial charge in [-0.1, -0.05) is 56.3 Å². The number of aliphatic carboxylic acids is 1. The molecule has 0 aliphatic carbocycles. The van der Waals surface area contributed by atoms with E-state index in [1.54, 1.807) is 56.3 Å². The van der Waals surface area contributed by atoms with E-state index in [1.807, 2.05) is 19.1 Å². The monoisotopic (exact) mass is 409 g/mol. The lowest BCUT2D eigenvalue weighted by atomic mass is 10.0. The molecule has 3 aromatic rings. The molecule has 0 fully saturated rings. The highest BCUT2D eigenvalue weighted by Gasteiger charge is 2.30. The number of carbonyl (C=O) groups is 1. The molecule has 0 radical (unpaired) electrons. The van der Waals surface area contributed by atoms with Crippen LogP contribution < -0.4 is 17.1 Å². The second-order valence-electron chi connectivity index (χ2n) is 7.43. The maximum Gasteiger partial charge on any atom is 0.341 e. The van der Waals surface area contributed by atoms with Crippen molar-refractivity contribution in [1.82, 2.24) is 13.7 Å². The number of benzene rings is 2. The highest BCUT2D eigenvalue weighted by Crippen LogP contribution is 2.14.